The van der Waals surface area contributed by atoms with E-state index in [1.165, 1.54) is 4.52 Å². The average Bonchev–Trinajstić information content (AvgIpc) is 3.42. The topological polar surface area (TPSA) is 187 Å². The summed E-state index contributed by atoms with van der Waals surface area (Å²) in [5.74, 6) is -4.36. The molecule has 46 heavy (non-hydrogen) atoms. The van der Waals surface area contributed by atoms with E-state index in [4.69, 9.17) is 33.8 Å². The van der Waals surface area contributed by atoms with Gasteiger partial charge >= 0.3 is 29.8 Å². The maximum Gasteiger partial charge on any atom is 0.303 e. The van der Waals surface area contributed by atoms with Gasteiger partial charge in [-0.3, -0.25) is 24.0 Å². The molecule has 0 spiro atoms. The molecule has 0 aliphatic rings. The van der Waals surface area contributed by atoms with Crippen LogP contribution in [0.2, 0.25) is 0 Å². The largest absolute Gasteiger partial charge is 0.462 e. The molecule has 0 fully saturated rings. The quantitative estimate of drug-likeness (QED) is 0.164. The Morgan fingerprint density at radius 3 is 1.67 bits per heavy atom. The van der Waals surface area contributed by atoms with Crippen LogP contribution in [0.4, 0.5) is 0 Å². The number of fused-ring (bicyclic) bond motifs is 1. The number of benzene rings is 2. The second-order valence-corrected chi connectivity index (χ2v) is 9.94. The molecular weight excluding hydrogens is 602 g/mol. The highest BCUT2D eigenvalue weighted by Crippen LogP contribution is 2.32. The number of esters is 5. The van der Waals surface area contributed by atoms with Gasteiger partial charge in [0.2, 0.25) is 11.9 Å². The van der Waals surface area contributed by atoms with Crippen molar-refractivity contribution in [3.8, 4) is 22.5 Å². The van der Waals surface area contributed by atoms with Crippen molar-refractivity contribution in [1.82, 2.24) is 24.8 Å². The van der Waals surface area contributed by atoms with Gasteiger partial charge in [0, 0.05) is 45.7 Å². The van der Waals surface area contributed by atoms with E-state index >= 15 is 0 Å². The van der Waals surface area contributed by atoms with Gasteiger partial charge in [0.25, 0.3) is 5.78 Å². The molecule has 4 aromatic rings. The SMILES string of the molecule is CC(=O)OC[C@@H](OC(C)=O)[C@@H](OC(C)=O)[C@H](OC(C)=O)[C@H](OC(C)=O)c1nnc2nc(-c3ccccc3)c(-c3ccccc3)nn12. The summed E-state index contributed by atoms with van der Waals surface area (Å²) in [4.78, 5) is 65.7. The molecular formula is C31H31N5O10. The van der Waals surface area contributed by atoms with Gasteiger partial charge in [0.15, 0.2) is 18.3 Å². The molecule has 15 heteroatoms. The fourth-order valence-electron chi connectivity index (χ4n) is 4.61. The van der Waals surface area contributed by atoms with Gasteiger partial charge in [-0.1, -0.05) is 60.7 Å². The Morgan fingerprint density at radius 2 is 1.15 bits per heavy atom. The molecule has 2 aromatic carbocycles. The van der Waals surface area contributed by atoms with Crippen LogP contribution >= 0.6 is 0 Å². The smallest absolute Gasteiger partial charge is 0.303 e. The predicted molar refractivity (Wildman–Crippen MR) is 157 cm³/mol. The highest BCUT2D eigenvalue weighted by molar-refractivity contribution is 5.78. The van der Waals surface area contributed by atoms with Gasteiger partial charge < -0.3 is 23.7 Å². The molecule has 0 aliphatic heterocycles. The van der Waals surface area contributed by atoms with Crippen molar-refractivity contribution in [2.75, 3.05) is 6.61 Å². The summed E-state index contributed by atoms with van der Waals surface area (Å²) in [6, 6.07) is 18.4. The number of carbonyl (C=O) groups excluding carboxylic acids is 5. The van der Waals surface area contributed by atoms with Crippen molar-refractivity contribution >= 4 is 35.6 Å². The molecule has 0 N–H and O–H groups in total. The number of hydrogen-bond donors (Lipinski definition) is 0. The molecule has 0 radical (unpaired) electrons. The van der Waals surface area contributed by atoms with Crippen molar-refractivity contribution in [2.24, 2.45) is 0 Å². The van der Waals surface area contributed by atoms with Crippen LogP contribution in [-0.4, -0.2) is 79.6 Å². The van der Waals surface area contributed by atoms with Crippen LogP contribution in [0.15, 0.2) is 60.7 Å². The minimum absolute atomic E-state index is 0.00672. The number of nitrogens with zero attached hydrogens (tertiary/aromatic N) is 5. The lowest BCUT2D eigenvalue weighted by atomic mass is 10.0. The summed E-state index contributed by atoms with van der Waals surface area (Å²) in [6.07, 6.45) is -6.56. The van der Waals surface area contributed by atoms with Crippen LogP contribution in [0, 0.1) is 0 Å². The molecule has 0 saturated heterocycles. The molecule has 15 nitrogen and oxygen atoms in total. The fraction of sp³-hybridized carbons (Fsp3) is 0.323. The number of rotatable bonds is 12. The first-order valence-corrected chi connectivity index (χ1v) is 14.0. The Bertz CT molecular complexity index is 1730. The normalized spacial score (nSPS) is 13.5. The zero-order valence-electron chi connectivity index (χ0n) is 25.6. The monoisotopic (exact) mass is 633 g/mol. The molecule has 2 aromatic heterocycles. The fourth-order valence-corrected chi connectivity index (χ4v) is 4.61. The molecule has 0 unspecified atom stereocenters. The first-order valence-electron chi connectivity index (χ1n) is 14.0. The highest BCUT2D eigenvalue weighted by atomic mass is 16.6. The summed E-state index contributed by atoms with van der Waals surface area (Å²) >= 11 is 0. The first kappa shape index (κ1) is 33.2. The predicted octanol–water partition coefficient (Wildman–Crippen LogP) is 2.82. The van der Waals surface area contributed by atoms with Gasteiger partial charge in [-0.05, 0) is 0 Å². The maximum atomic E-state index is 12.5. The van der Waals surface area contributed by atoms with E-state index in [2.05, 4.69) is 10.2 Å². The summed E-state index contributed by atoms with van der Waals surface area (Å²) in [5, 5.41) is 13.1. The van der Waals surface area contributed by atoms with E-state index in [9.17, 15) is 24.0 Å². The van der Waals surface area contributed by atoms with Crippen molar-refractivity contribution in [3.05, 3.63) is 66.5 Å². The van der Waals surface area contributed by atoms with Gasteiger partial charge in [0.05, 0.1) is 0 Å². The van der Waals surface area contributed by atoms with Crippen molar-refractivity contribution in [2.45, 2.75) is 59.0 Å². The Morgan fingerprint density at radius 1 is 0.630 bits per heavy atom. The van der Waals surface area contributed by atoms with Crippen LogP contribution in [0.25, 0.3) is 28.3 Å². The summed E-state index contributed by atoms with van der Waals surface area (Å²) in [7, 11) is 0. The second-order valence-electron chi connectivity index (χ2n) is 9.94. The van der Waals surface area contributed by atoms with Crippen LogP contribution in [-0.2, 0) is 47.7 Å². The summed E-state index contributed by atoms with van der Waals surface area (Å²) in [5.41, 5.74) is 2.31. The molecule has 240 valence electrons. The minimum Gasteiger partial charge on any atom is -0.462 e. The molecule has 2 heterocycles. The van der Waals surface area contributed by atoms with Crippen LogP contribution in [0.3, 0.4) is 0 Å². The number of aromatic nitrogens is 5. The molecule has 4 atom stereocenters. The van der Waals surface area contributed by atoms with E-state index in [0.717, 1.165) is 40.2 Å². The van der Waals surface area contributed by atoms with Gasteiger partial charge in [-0.2, -0.15) is 9.61 Å². The van der Waals surface area contributed by atoms with Crippen LogP contribution in [0.5, 0.6) is 0 Å². The third-order valence-corrected chi connectivity index (χ3v) is 6.29. The van der Waals surface area contributed by atoms with Crippen molar-refractivity contribution in [3.63, 3.8) is 0 Å². The highest BCUT2D eigenvalue weighted by Gasteiger charge is 2.46. The zero-order valence-corrected chi connectivity index (χ0v) is 25.6. The maximum absolute atomic E-state index is 12.5. The lowest BCUT2D eigenvalue weighted by Gasteiger charge is -2.34. The average molecular weight is 634 g/mol. The van der Waals surface area contributed by atoms with E-state index in [1.54, 1.807) is 0 Å². The van der Waals surface area contributed by atoms with Gasteiger partial charge in [0.1, 0.15) is 18.0 Å². The minimum atomic E-state index is -1.71. The number of ether oxygens (including phenoxy) is 5. The molecule has 0 amide bonds. The van der Waals surface area contributed by atoms with Gasteiger partial charge in [-0.15, -0.1) is 10.2 Å². The third kappa shape index (κ3) is 8.25. The second kappa shape index (κ2) is 14.8. The molecule has 0 bridgehead atoms. The molecule has 0 aliphatic carbocycles. The van der Waals surface area contributed by atoms with E-state index < -0.39 is 60.9 Å². The number of hydrogen-bond acceptors (Lipinski definition) is 14. The van der Waals surface area contributed by atoms with E-state index in [0.29, 0.717) is 17.0 Å². The Labute approximate surface area is 262 Å². The zero-order chi connectivity index (χ0) is 33.4. The third-order valence-electron chi connectivity index (χ3n) is 6.29. The molecule has 4 rings (SSSR count). The Balaban J connectivity index is 1.95. The van der Waals surface area contributed by atoms with Crippen LogP contribution in [0.1, 0.15) is 46.5 Å². The summed E-state index contributed by atoms with van der Waals surface area (Å²) in [6.45, 7) is 4.82. The lowest BCUT2D eigenvalue weighted by molar-refractivity contribution is -0.204. The van der Waals surface area contributed by atoms with Crippen molar-refractivity contribution in [1.29, 1.82) is 0 Å². The molecule has 0 saturated carbocycles. The summed E-state index contributed by atoms with van der Waals surface area (Å²) < 4.78 is 28.3. The number of carbonyl (C=O) groups is 5. The van der Waals surface area contributed by atoms with E-state index in [1.807, 2.05) is 60.7 Å². The first-order chi connectivity index (χ1) is 21.9. The van der Waals surface area contributed by atoms with E-state index in [-0.39, 0.29) is 11.6 Å². The standard InChI is InChI=1S/C31H31N5O10/c1-17(37)42-16-24(43-18(2)38)27(44-19(3)39)28(45-20(4)40)29(46-21(5)41)30-33-34-31-32-25(22-12-8-6-9-13-22)26(35-36(30)31)23-14-10-7-11-15-23/h6-15,24,27-29H,16H2,1-5H3/t24-,27-,28+,29+/m1/s1. The van der Waals surface area contributed by atoms with Crippen molar-refractivity contribution < 1.29 is 47.7 Å². The Hall–Kier alpha value is -5.73. The Kier molecular flexibility index (Phi) is 10.7. The van der Waals surface area contributed by atoms with Gasteiger partial charge in [-0.25, -0.2) is 4.98 Å². The van der Waals surface area contributed by atoms with Crippen LogP contribution < -0.4 is 0 Å². The lowest BCUT2D eigenvalue weighted by Crippen LogP contribution is -2.50.